The lowest BCUT2D eigenvalue weighted by molar-refractivity contribution is 0.0693. The highest BCUT2D eigenvalue weighted by molar-refractivity contribution is 5.88. The number of aryl methyl sites for hydroxylation is 1. The smallest absolute Gasteiger partial charge is 0.410 e. The fraction of sp³-hybridized carbons (Fsp3) is 0.389. The molecule has 1 saturated heterocycles. The Hall–Kier alpha value is -2.83. The zero-order chi connectivity index (χ0) is 17.8. The number of carbonyl (C=O) groups is 2. The van der Waals surface area contributed by atoms with Gasteiger partial charge in [0.15, 0.2) is 0 Å². The van der Waals surface area contributed by atoms with Crippen LogP contribution in [0.3, 0.4) is 0 Å². The van der Waals surface area contributed by atoms with Gasteiger partial charge in [-0.1, -0.05) is 30.3 Å². The molecule has 2 aromatic rings. The van der Waals surface area contributed by atoms with E-state index < -0.39 is 5.97 Å². The number of amides is 1. The Kier molecular flexibility index (Phi) is 5.02. The van der Waals surface area contributed by atoms with Gasteiger partial charge in [0.25, 0.3) is 0 Å². The van der Waals surface area contributed by atoms with E-state index in [0.717, 1.165) is 18.4 Å². The van der Waals surface area contributed by atoms with Crippen molar-refractivity contribution in [2.75, 3.05) is 13.1 Å². The molecule has 7 heteroatoms. The minimum atomic E-state index is -0.994. The van der Waals surface area contributed by atoms with Crippen molar-refractivity contribution in [2.45, 2.75) is 25.4 Å². The van der Waals surface area contributed by atoms with Crippen LogP contribution in [0.2, 0.25) is 0 Å². The molecule has 1 amide bonds. The third-order valence-corrected chi connectivity index (χ3v) is 4.36. The number of nitrogens with zero attached hydrogens (tertiary/aromatic N) is 3. The van der Waals surface area contributed by atoms with Gasteiger partial charge >= 0.3 is 12.1 Å². The van der Waals surface area contributed by atoms with Crippen LogP contribution in [-0.4, -0.2) is 44.9 Å². The Morgan fingerprint density at radius 2 is 2.08 bits per heavy atom. The van der Waals surface area contributed by atoms with E-state index in [4.69, 9.17) is 4.74 Å². The van der Waals surface area contributed by atoms with E-state index in [1.54, 1.807) is 11.9 Å². The van der Waals surface area contributed by atoms with Gasteiger partial charge in [0.1, 0.15) is 12.2 Å². The van der Waals surface area contributed by atoms with E-state index >= 15 is 0 Å². The number of aromatic nitrogens is 2. The van der Waals surface area contributed by atoms with E-state index in [0.29, 0.717) is 18.8 Å². The van der Waals surface area contributed by atoms with Crippen LogP contribution in [0.4, 0.5) is 4.79 Å². The number of carbonyl (C=O) groups excluding carboxylic acids is 1. The molecule has 3 rings (SSSR count). The Labute approximate surface area is 145 Å². The van der Waals surface area contributed by atoms with Crippen LogP contribution in [0, 0.1) is 0 Å². The van der Waals surface area contributed by atoms with Gasteiger partial charge in [0, 0.05) is 32.3 Å². The largest absolute Gasteiger partial charge is 0.478 e. The summed E-state index contributed by atoms with van der Waals surface area (Å²) in [4.78, 5) is 25.4. The maximum Gasteiger partial charge on any atom is 0.410 e. The van der Waals surface area contributed by atoms with Crippen LogP contribution in [0.1, 0.15) is 40.4 Å². The second kappa shape index (κ2) is 7.38. The fourth-order valence-electron chi connectivity index (χ4n) is 3.15. The molecular formula is C18H21N3O4. The number of hydrogen-bond donors (Lipinski definition) is 1. The fourth-order valence-corrected chi connectivity index (χ4v) is 3.15. The SMILES string of the molecule is Cn1cc(C(=O)O)c([C@@H]2CCCN(C(=O)OCc3ccccc3)C2)n1. The number of likely N-dealkylation sites (tertiary alicyclic amines) is 1. The number of carboxylic acids is 1. The Morgan fingerprint density at radius 1 is 1.32 bits per heavy atom. The average molecular weight is 343 g/mol. The number of carboxylic acid groups (broad SMARTS) is 1. The van der Waals surface area contributed by atoms with Crippen LogP contribution in [0.25, 0.3) is 0 Å². The van der Waals surface area contributed by atoms with Crippen LogP contribution < -0.4 is 0 Å². The average Bonchev–Trinajstić information content (AvgIpc) is 3.03. The highest BCUT2D eigenvalue weighted by atomic mass is 16.6. The first kappa shape index (κ1) is 17.0. The normalized spacial score (nSPS) is 17.3. The summed E-state index contributed by atoms with van der Waals surface area (Å²) >= 11 is 0. The molecule has 1 aliphatic heterocycles. The maximum atomic E-state index is 12.3. The number of aromatic carboxylic acids is 1. The second-order valence-electron chi connectivity index (χ2n) is 6.23. The highest BCUT2D eigenvalue weighted by Crippen LogP contribution is 2.28. The monoisotopic (exact) mass is 343 g/mol. The van der Waals surface area contributed by atoms with Gasteiger partial charge in [-0.15, -0.1) is 0 Å². The second-order valence-corrected chi connectivity index (χ2v) is 6.23. The number of rotatable bonds is 4. The van der Waals surface area contributed by atoms with Crippen molar-refractivity contribution in [1.29, 1.82) is 0 Å². The minimum Gasteiger partial charge on any atom is -0.478 e. The molecule has 1 aromatic carbocycles. The topological polar surface area (TPSA) is 84.7 Å². The summed E-state index contributed by atoms with van der Waals surface area (Å²) in [5.74, 6) is -1.09. The zero-order valence-electron chi connectivity index (χ0n) is 14.1. The highest BCUT2D eigenvalue weighted by Gasteiger charge is 2.30. The van der Waals surface area contributed by atoms with E-state index in [9.17, 15) is 14.7 Å². The number of piperidine rings is 1. The molecule has 0 unspecified atom stereocenters. The first-order chi connectivity index (χ1) is 12.0. The molecule has 1 N–H and O–H groups in total. The van der Waals surface area contributed by atoms with Crippen molar-refractivity contribution in [3.05, 3.63) is 53.3 Å². The molecule has 2 heterocycles. The minimum absolute atomic E-state index is 0.0923. The first-order valence-corrected chi connectivity index (χ1v) is 8.27. The van der Waals surface area contributed by atoms with E-state index in [2.05, 4.69) is 5.10 Å². The van der Waals surface area contributed by atoms with Gasteiger partial charge in [-0.05, 0) is 18.4 Å². The Morgan fingerprint density at radius 3 is 2.80 bits per heavy atom. The van der Waals surface area contributed by atoms with Gasteiger partial charge < -0.3 is 14.7 Å². The quantitative estimate of drug-likeness (QED) is 0.922. The lowest BCUT2D eigenvalue weighted by Gasteiger charge is -2.31. The summed E-state index contributed by atoms with van der Waals surface area (Å²) in [6.45, 7) is 1.26. The van der Waals surface area contributed by atoms with Crippen LogP contribution in [0.5, 0.6) is 0 Å². The molecule has 0 radical (unpaired) electrons. The van der Waals surface area contributed by atoms with E-state index in [1.807, 2.05) is 30.3 Å². The lowest BCUT2D eigenvalue weighted by Crippen LogP contribution is -2.39. The third kappa shape index (κ3) is 3.99. The Bertz CT molecular complexity index is 757. The molecule has 1 aromatic heterocycles. The molecule has 0 bridgehead atoms. The summed E-state index contributed by atoms with van der Waals surface area (Å²) in [6.07, 6.45) is 2.73. The van der Waals surface area contributed by atoms with Gasteiger partial charge in [0.2, 0.25) is 0 Å². The van der Waals surface area contributed by atoms with E-state index in [1.165, 1.54) is 10.9 Å². The first-order valence-electron chi connectivity index (χ1n) is 8.27. The van der Waals surface area contributed by atoms with Crippen molar-refractivity contribution in [2.24, 2.45) is 7.05 Å². The summed E-state index contributed by atoms with van der Waals surface area (Å²) in [7, 11) is 1.70. The molecule has 132 valence electrons. The lowest BCUT2D eigenvalue weighted by atomic mass is 9.93. The van der Waals surface area contributed by atoms with Crippen molar-refractivity contribution in [3.8, 4) is 0 Å². The van der Waals surface area contributed by atoms with Crippen molar-refractivity contribution in [1.82, 2.24) is 14.7 Å². The van der Waals surface area contributed by atoms with Crippen molar-refractivity contribution < 1.29 is 19.4 Å². The molecule has 1 fully saturated rings. The van der Waals surface area contributed by atoms with E-state index in [-0.39, 0.29) is 24.2 Å². The predicted octanol–water partition coefficient (Wildman–Crippen LogP) is 2.63. The zero-order valence-corrected chi connectivity index (χ0v) is 14.1. The number of benzene rings is 1. The number of ether oxygens (including phenoxy) is 1. The van der Waals surface area contributed by atoms with Crippen LogP contribution in [-0.2, 0) is 18.4 Å². The van der Waals surface area contributed by atoms with Crippen LogP contribution in [0.15, 0.2) is 36.5 Å². The summed E-state index contributed by atoms with van der Waals surface area (Å²) in [5, 5.41) is 13.6. The molecule has 1 aliphatic rings. The van der Waals surface area contributed by atoms with Crippen molar-refractivity contribution >= 4 is 12.1 Å². The molecule has 25 heavy (non-hydrogen) atoms. The van der Waals surface area contributed by atoms with Crippen LogP contribution >= 0.6 is 0 Å². The molecule has 0 saturated carbocycles. The van der Waals surface area contributed by atoms with Gasteiger partial charge in [0.05, 0.1) is 5.69 Å². The molecule has 0 aliphatic carbocycles. The molecule has 1 atom stereocenters. The van der Waals surface area contributed by atoms with Gasteiger partial charge in [-0.3, -0.25) is 4.68 Å². The predicted molar refractivity (Wildman–Crippen MR) is 90.3 cm³/mol. The summed E-state index contributed by atoms with van der Waals surface area (Å²) in [5.41, 5.74) is 1.67. The Balaban J connectivity index is 1.65. The van der Waals surface area contributed by atoms with Gasteiger partial charge in [-0.2, -0.15) is 5.10 Å². The molecule has 7 nitrogen and oxygen atoms in total. The summed E-state index contributed by atoms with van der Waals surface area (Å²) in [6, 6.07) is 9.51. The van der Waals surface area contributed by atoms with Crippen molar-refractivity contribution in [3.63, 3.8) is 0 Å². The molecule has 0 spiro atoms. The summed E-state index contributed by atoms with van der Waals surface area (Å²) < 4.78 is 6.89. The third-order valence-electron chi connectivity index (χ3n) is 4.36. The molecular weight excluding hydrogens is 322 g/mol. The standard InChI is InChI=1S/C18H21N3O4/c1-20-11-15(17(22)23)16(19-20)14-8-5-9-21(10-14)18(24)25-12-13-6-3-2-4-7-13/h2-4,6-7,11,14H,5,8-10,12H2,1H3,(H,22,23)/t14-/m1/s1. The van der Waals surface area contributed by atoms with Gasteiger partial charge in [-0.25, -0.2) is 9.59 Å². The maximum absolute atomic E-state index is 12.3. The number of hydrogen-bond acceptors (Lipinski definition) is 4.